The van der Waals surface area contributed by atoms with Crippen LogP contribution in [0, 0.1) is 12.8 Å². The predicted octanol–water partition coefficient (Wildman–Crippen LogP) is 3.10. The first-order valence-electron chi connectivity index (χ1n) is 9.22. The first kappa shape index (κ1) is 21.5. The Bertz CT molecular complexity index is 794. The van der Waals surface area contributed by atoms with Crippen LogP contribution in [0.15, 0.2) is 29.4 Å². The molecule has 3 rings (SSSR count). The van der Waals surface area contributed by atoms with Gasteiger partial charge in [0, 0.05) is 43.8 Å². The molecule has 1 aliphatic heterocycles. The van der Waals surface area contributed by atoms with Gasteiger partial charge in [-0.15, -0.1) is 24.0 Å². The lowest BCUT2D eigenvalue weighted by atomic mass is 9.97. The molecule has 1 aliphatic rings. The van der Waals surface area contributed by atoms with Crippen molar-refractivity contribution in [2.24, 2.45) is 10.9 Å². The molecule has 1 fully saturated rings. The third kappa shape index (κ3) is 5.15. The first-order chi connectivity index (χ1) is 12.6. The lowest BCUT2D eigenvalue weighted by Crippen LogP contribution is -2.47. The highest BCUT2D eigenvalue weighted by molar-refractivity contribution is 14.0. The zero-order valence-corrected chi connectivity index (χ0v) is 18.6. The molecular formula is C20H29IN4O2. The molecule has 0 spiro atoms. The van der Waals surface area contributed by atoms with Gasteiger partial charge in [-0.25, -0.2) is 0 Å². The highest BCUT2D eigenvalue weighted by Gasteiger charge is 2.26. The van der Waals surface area contributed by atoms with Gasteiger partial charge in [0.25, 0.3) is 0 Å². The van der Waals surface area contributed by atoms with Gasteiger partial charge in [0.15, 0.2) is 5.96 Å². The van der Waals surface area contributed by atoms with E-state index in [-0.39, 0.29) is 35.9 Å². The topological polar surface area (TPSA) is 69.7 Å². The number of aryl methyl sites for hydroxylation is 1. The number of fused-ring (bicyclic) bond motifs is 1. The van der Waals surface area contributed by atoms with Gasteiger partial charge < -0.3 is 19.9 Å². The number of piperidine rings is 1. The Labute approximate surface area is 177 Å². The first-order valence-corrected chi connectivity index (χ1v) is 9.22. The molecule has 0 saturated carbocycles. The monoisotopic (exact) mass is 484 g/mol. The molecule has 6 nitrogen and oxygen atoms in total. The van der Waals surface area contributed by atoms with Crippen molar-refractivity contribution in [3.8, 4) is 0 Å². The zero-order valence-electron chi connectivity index (χ0n) is 16.2. The molecule has 0 bridgehead atoms. The van der Waals surface area contributed by atoms with Crippen LogP contribution in [-0.2, 0) is 16.0 Å². The zero-order chi connectivity index (χ0) is 18.5. The number of nitrogens with one attached hydrogen (secondary N) is 2. The largest absolute Gasteiger partial charge is 0.469 e. The van der Waals surface area contributed by atoms with Crippen LogP contribution in [0.3, 0.4) is 0 Å². The lowest BCUT2D eigenvalue weighted by molar-refractivity contribution is -0.146. The fraction of sp³-hybridized carbons (Fsp3) is 0.500. The van der Waals surface area contributed by atoms with E-state index in [9.17, 15) is 4.79 Å². The van der Waals surface area contributed by atoms with E-state index in [1.165, 1.54) is 29.1 Å². The molecule has 148 valence electrons. The Morgan fingerprint density at radius 3 is 2.78 bits per heavy atom. The third-order valence-corrected chi connectivity index (χ3v) is 5.14. The fourth-order valence-electron chi connectivity index (χ4n) is 3.64. The number of hydrogen-bond donors (Lipinski definition) is 2. The SMILES string of the molecule is CN=C(NCCc1c[nH]c2cc(C)ccc12)N1CCC(C(=O)OC)CC1.I. The minimum Gasteiger partial charge on any atom is -0.469 e. The molecule has 0 unspecified atom stereocenters. The summed E-state index contributed by atoms with van der Waals surface area (Å²) < 4.78 is 4.85. The summed E-state index contributed by atoms with van der Waals surface area (Å²) in [6, 6.07) is 6.51. The van der Waals surface area contributed by atoms with Crippen LogP contribution >= 0.6 is 24.0 Å². The number of carbonyl (C=O) groups excluding carboxylic acids is 1. The number of nitrogens with zero attached hydrogens (tertiary/aromatic N) is 2. The van der Waals surface area contributed by atoms with E-state index < -0.39 is 0 Å². The number of aliphatic imine (C=N–C) groups is 1. The van der Waals surface area contributed by atoms with Crippen LogP contribution in [0.2, 0.25) is 0 Å². The van der Waals surface area contributed by atoms with Gasteiger partial charge >= 0.3 is 5.97 Å². The van der Waals surface area contributed by atoms with Crippen molar-refractivity contribution in [1.82, 2.24) is 15.2 Å². The fourth-order valence-corrected chi connectivity index (χ4v) is 3.64. The molecule has 0 aliphatic carbocycles. The number of halogens is 1. The number of hydrogen-bond acceptors (Lipinski definition) is 3. The van der Waals surface area contributed by atoms with Crippen LogP contribution in [-0.4, -0.2) is 55.6 Å². The molecule has 1 aromatic carbocycles. The van der Waals surface area contributed by atoms with Gasteiger partial charge in [0.1, 0.15) is 0 Å². The van der Waals surface area contributed by atoms with Crippen LogP contribution in [0.1, 0.15) is 24.0 Å². The molecule has 27 heavy (non-hydrogen) atoms. The second-order valence-electron chi connectivity index (χ2n) is 6.87. The van der Waals surface area contributed by atoms with Crippen LogP contribution in [0.5, 0.6) is 0 Å². The molecule has 0 amide bonds. The van der Waals surface area contributed by atoms with E-state index in [1.807, 2.05) is 7.05 Å². The Morgan fingerprint density at radius 2 is 2.11 bits per heavy atom. The molecule has 1 aromatic heterocycles. The highest BCUT2D eigenvalue weighted by atomic mass is 127. The van der Waals surface area contributed by atoms with Crippen LogP contribution in [0.4, 0.5) is 0 Å². The number of aromatic amines is 1. The van der Waals surface area contributed by atoms with E-state index in [4.69, 9.17) is 4.74 Å². The van der Waals surface area contributed by atoms with Crippen LogP contribution in [0.25, 0.3) is 10.9 Å². The van der Waals surface area contributed by atoms with E-state index >= 15 is 0 Å². The van der Waals surface area contributed by atoms with Crippen molar-refractivity contribution in [3.63, 3.8) is 0 Å². The smallest absolute Gasteiger partial charge is 0.308 e. The minimum atomic E-state index is -0.0952. The average molecular weight is 484 g/mol. The van der Waals surface area contributed by atoms with Gasteiger partial charge in [-0.3, -0.25) is 9.79 Å². The number of rotatable bonds is 4. The summed E-state index contributed by atoms with van der Waals surface area (Å²) in [5, 5.41) is 4.74. The molecule has 0 radical (unpaired) electrons. The number of ether oxygens (including phenoxy) is 1. The number of guanidine groups is 1. The number of H-pyrrole nitrogens is 1. The Balaban J connectivity index is 0.00000261. The summed E-state index contributed by atoms with van der Waals surface area (Å²) in [5.41, 5.74) is 3.77. The van der Waals surface area contributed by atoms with Crippen molar-refractivity contribution in [3.05, 3.63) is 35.5 Å². The summed E-state index contributed by atoms with van der Waals surface area (Å²) in [5.74, 6) is 0.829. The quantitative estimate of drug-likeness (QED) is 0.303. The molecular weight excluding hydrogens is 455 g/mol. The minimum absolute atomic E-state index is 0. The number of esters is 1. The maximum atomic E-state index is 11.7. The van der Waals surface area contributed by atoms with Crippen molar-refractivity contribution < 1.29 is 9.53 Å². The number of aromatic nitrogens is 1. The number of likely N-dealkylation sites (tertiary alicyclic amines) is 1. The van der Waals surface area contributed by atoms with Crippen molar-refractivity contribution >= 4 is 46.8 Å². The van der Waals surface area contributed by atoms with E-state index in [0.29, 0.717) is 0 Å². The molecule has 2 heterocycles. The Kier molecular flexibility index (Phi) is 7.94. The second kappa shape index (κ2) is 9.96. The average Bonchev–Trinajstić information content (AvgIpc) is 3.06. The maximum Gasteiger partial charge on any atom is 0.308 e. The Hall–Kier alpha value is -1.77. The van der Waals surface area contributed by atoms with Gasteiger partial charge in [-0.1, -0.05) is 12.1 Å². The van der Waals surface area contributed by atoms with Gasteiger partial charge in [0.05, 0.1) is 13.0 Å². The van der Waals surface area contributed by atoms with Gasteiger partial charge in [0.2, 0.25) is 0 Å². The van der Waals surface area contributed by atoms with E-state index in [2.05, 4.69) is 51.5 Å². The Morgan fingerprint density at radius 1 is 1.37 bits per heavy atom. The van der Waals surface area contributed by atoms with Gasteiger partial charge in [-0.05, 0) is 43.4 Å². The van der Waals surface area contributed by atoms with E-state index in [1.54, 1.807) is 0 Å². The van der Waals surface area contributed by atoms with Crippen molar-refractivity contribution in [2.45, 2.75) is 26.2 Å². The molecule has 2 aromatic rings. The number of carbonyl (C=O) groups is 1. The maximum absolute atomic E-state index is 11.7. The third-order valence-electron chi connectivity index (χ3n) is 5.14. The number of methoxy groups -OCH3 is 1. The van der Waals surface area contributed by atoms with Crippen molar-refractivity contribution in [2.75, 3.05) is 33.8 Å². The lowest BCUT2D eigenvalue weighted by Gasteiger charge is -2.33. The highest BCUT2D eigenvalue weighted by Crippen LogP contribution is 2.20. The summed E-state index contributed by atoms with van der Waals surface area (Å²) in [4.78, 5) is 21.6. The summed E-state index contributed by atoms with van der Waals surface area (Å²) in [6.45, 7) is 4.58. The summed E-state index contributed by atoms with van der Waals surface area (Å²) in [7, 11) is 3.27. The normalized spacial score (nSPS) is 15.5. The summed E-state index contributed by atoms with van der Waals surface area (Å²) in [6.07, 6.45) is 4.65. The molecule has 7 heteroatoms. The molecule has 0 atom stereocenters. The molecule has 1 saturated heterocycles. The number of benzene rings is 1. The van der Waals surface area contributed by atoms with Gasteiger partial charge in [-0.2, -0.15) is 0 Å². The predicted molar refractivity (Wildman–Crippen MR) is 120 cm³/mol. The summed E-state index contributed by atoms with van der Waals surface area (Å²) >= 11 is 0. The standard InChI is InChI=1S/C20H28N4O2.HI/c1-14-4-5-17-16(13-23-18(17)12-14)6-9-22-20(21-2)24-10-7-15(8-11-24)19(25)26-3;/h4-5,12-13,15,23H,6-11H2,1-3H3,(H,21,22);1H. The molecule has 2 N–H and O–H groups in total. The second-order valence-corrected chi connectivity index (χ2v) is 6.87. The van der Waals surface area contributed by atoms with Crippen molar-refractivity contribution in [1.29, 1.82) is 0 Å². The van der Waals surface area contributed by atoms with E-state index in [0.717, 1.165) is 44.9 Å². The van der Waals surface area contributed by atoms with Crippen LogP contribution < -0.4 is 5.32 Å².